The molecule has 2 aromatic carbocycles. The molecule has 0 radical (unpaired) electrons. The molecule has 118 valence electrons. The molecule has 0 saturated heterocycles. The highest BCUT2D eigenvalue weighted by atomic mass is 16.2. The molecule has 5 heteroatoms. The van der Waals surface area contributed by atoms with Gasteiger partial charge in [-0.1, -0.05) is 12.1 Å². The normalized spacial score (nSPS) is 19.3. The van der Waals surface area contributed by atoms with Gasteiger partial charge in [0, 0.05) is 41.6 Å². The third kappa shape index (κ3) is 1.83. The summed E-state index contributed by atoms with van der Waals surface area (Å²) >= 11 is 0. The van der Waals surface area contributed by atoms with Gasteiger partial charge >= 0.3 is 0 Å². The van der Waals surface area contributed by atoms with Crippen LogP contribution < -0.4 is 4.90 Å². The fourth-order valence-electron chi connectivity index (χ4n) is 4.06. The first-order chi connectivity index (χ1) is 10.8. The summed E-state index contributed by atoms with van der Waals surface area (Å²) in [4.78, 5) is 28.5. The monoisotopic (exact) mass is 310 g/mol. The van der Waals surface area contributed by atoms with Crippen molar-refractivity contribution in [3.63, 3.8) is 0 Å². The van der Waals surface area contributed by atoms with E-state index in [9.17, 15) is 9.59 Å². The predicted octanol–water partition coefficient (Wildman–Crippen LogP) is 2.05. The van der Waals surface area contributed by atoms with Gasteiger partial charge in [-0.2, -0.15) is 0 Å². The molecule has 2 heterocycles. The van der Waals surface area contributed by atoms with Crippen molar-refractivity contribution in [3.05, 3.63) is 41.0 Å². The molecule has 2 aliphatic heterocycles. The Hall–Kier alpha value is -2.40. The Kier molecular flexibility index (Phi) is 2.67. The van der Waals surface area contributed by atoms with Crippen molar-refractivity contribution in [2.75, 3.05) is 39.8 Å². The lowest BCUT2D eigenvalue weighted by Crippen LogP contribution is -2.50. The molecular formula is C18H20N3O2+. The van der Waals surface area contributed by atoms with E-state index < -0.39 is 0 Å². The van der Waals surface area contributed by atoms with Gasteiger partial charge in [0.25, 0.3) is 11.8 Å². The molecule has 0 aromatic heterocycles. The minimum absolute atomic E-state index is 0.208. The lowest BCUT2D eigenvalue weighted by molar-refractivity contribution is -0.904. The molecule has 0 unspecified atom stereocenters. The third-order valence-electron chi connectivity index (χ3n) is 4.86. The van der Waals surface area contributed by atoms with E-state index in [1.54, 1.807) is 7.05 Å². The first kappa shape index (κ1) is 14.2. The smallest absolute Gasteiger partial charge is 0.261 e. The van der Waals surface area contributed by atoms with Gasteiger partial charge in [-0.05, 0) is 12.1 Å². The molecule has 23 heavy (non-hydrogen) atoms. The zero-order valence-electron chi connectivity index (χ0n) is 13.9. The van der Waals surface area contributed by atoms with E-state index in [1.807, 2.05) is 24.3 Å². The molecule has 2 aromatic rings. The number of fused-ring (bicyclic) bond motifs is 2. The van der Waals surface area contributed by atoms with E-state index in [4.69, 9.17) is 0 Å². The van der Waals surface area contributed by atoms with Gasteiger partial charge in [-0.25, -0.2) is 0 Å². The van der Waals surface area contributed by atoms with Crippen LogP contribution in [-0.4, -0.2) is 56.1 Å². The average Bonchev–Trinajstić information content (AvgIpc) is 2.48. The Morgan fingerprint density at radius 3 is 2.48 bits per heavy atom. The van der Waals surface area contributed by atoms with Gasteiger partial charge in [-0.3, -0.25) is 14.5 Å². The van der Waals surface area contributed by atoms with Crippen LogP contribution in [0.2, 0.25) is 0 Å². The van der Waals surface area contributed by atoms with Crippen LogP contribution in [0.1, 0.15) is 26.3 Å². The number of hydrogen-bond acceptors (Lipinski definition) is 3. The van der Waals surface area contributed by atoms with Crippen molar-refractivity contribution in [2.45, 2.75) is 6.54 Å². The van der Waals surface area contributed by atoms with Crippen LogP contribution in [0.3, 0.4) is 0 Å². The minimum Gasteiger partial charge on any atom is -0.327 e. The molecule has 2 aliphatic rings. The number of quaternary nitrogens is 1. The number of amides is 2. The van der Waals surface area contributed by atoms with Crippen molar-refractivity contribution in [3.8, 4) is 0 Å². The summed E-state index contributed by atoms with van der Waals surface area (Å²) in [6.45, 7) is 1.77. The summed E-state index contributed by atoms with van der Waals surface area (Å²) in [5, 5.41) is 1.81. The summed E-state index contributed by atoms with van der Waals surface area (Å²) < 4.78 is 0.844. The number of carbonyl (C=O) groups is 2. The number of imide groups is 1. The minimum atomic E-state index is -0.220. The Morgan fingerprint density at radius 2 is 1.74 bits per heavy atom. The van der Waals surface area contributed by atoms with Gasteiger partial charge in [0.05, 0.1) is 19.8 Å². The fraction of sp³-hybridized carbons (Fsp3) is 0.333. The summed E-state index contributed by atoms with van der Waals surface area (Å²) in [5.41, 5.74) is 3.58. The van der Waals surface area contributed by atoms with Crippen LogP contribution in [0.5, 0.6) is 0 Å². The number of hydrogen-bond donors (Lipinski definition) is 0. The zero-order valence-corrected chi connectivity index (χ0v) is 13.9. The van der Waals surface area contributed by atoms with E-state index in [0.29, 0.717) is 11.1 Å². The van der Waals surface area contributed by atoms with E-state index >= 15 is 0 Å². The number of rotatable bonds is 0. The van der Waals surface area contributed by atoms with Crippen LogP contribution >= 0.6 is 0 Å². The van der Waals surface area contributed by atoms with Crippen LogP contribution in [-0.2, 0) is 6.54 Å². The third-order valence-corrected chi connectivity index (χ3v) is 4.86. The van der Waals surface area contributed by atoms with E-state index in [1.165, 1.54) is 10.5 Å². The lowest BCUT2D eigenvalue weighted by Gasteiger charge is -2.41. The van der Waals surface area contributed by atoms with Crippen LogP contribution in [0.4, 0.5) is 5.69 Å². The van der Waals surface area contributed by atoms with Crippen LogP contribution in [0.15, 0.2) is 24.3 Å². The van der Waals surface area contributed by atoms with Gasteiger partial charge in [0.1, 0.15) is 6.54 Å². The van der Waals surface area contributed by atoms with E-state index in [2.05, 4.69) is 26.0 Å². The Balaban J connectivity index is 2.12. The SMILES string of the molecule is CN1C(=O)c2cccc3c4c(cc(c23)C1=O)C[N+](C)(C)CN4C. The van der Waals surface area contributed by atoms with Crippen LogP contribution in [0, 0.1) is 0 Å². The second kappa shape index (κ2) is 4.32. The average molecular weight is 310 g/mol. The number of nitrogens with zero attached hydrogens (tertiary/aromatic N) is 3. The van der Waals surface area contributed by atoms with Crippen molar-refractivity contribution in [1.29, 1.82) is 0 Å². The van der Waals surface area contributed by atoms with E-state index in [0.717, 1.165) is 34.2 Å². The first-order valence-corrected chi connectivity index (χ1v) is 7.74. The molecule has 0 atom stereocenters. The fourth-order valence-corrected chi connectivity index (χ4v) is 4.06. The van der Waals surface area contributed by atoms with Gasteiger partial charge in [0.15, 0.2) is 6.67 Å². The molecule has 2 amide bonds. The highest BCUT2D eigenvalue weighted by Gasteiger charge is 2.35. The largest absolute Gasteiger partial charge is 0.327 e. The molecule has 0 fully saturated rings. The molecule has 0 spiro atoms. The van der Waals surface area contributed by atoms with Crippen molar-refractivity contribution in [2.24, 2.45) is 0 Å². The zero-order chi connectivity index (χ0) is 16.5. The highest BCUT2D eigenvalue weighted by Crippen LogP contribution is 2.40. The Labute approximate surface area is 135 Å². The molecule has 0 aliphatic carbocycles. The summed E-state index contributed by atoms with van der Waals surface area (Å²) in [5.74, 6) is -0.428. The molecule has 0 N–H and O–H groups in total. The van der Waals surface area contributed by atoms with Gasteiger partial charge < -0.3 is 9.38 Å². The molecule has 0 saturated carbocycles. The first-order valence-electron chi connectivity index (χ1n) is 7.74. The maximum Gasteiger partial charge on any atom is 0.261 e. The number of anilines is 1. The predicted molar refractivity (Wildman–Crippen MR) is 89.5 cm³/mol. The molecular weight excluding hydrogens is 290 g/mol. The van der Waals surface area contributed by atoms with E-state index in [-0.39, 0.29) is 11.8 Å². The van der Waals surface area contributed by atoms with Crippen molar-refractivity contribution >= 4 is 28.3 Å². The molecule has 4 rings (SSSR count). The van der Waals surface area contributed by atoms with Crippen molar-refractivity contribution in [1.82, 2.24) is 4.90 Å². The second-order valence-corrected chi connectivity index (χ2v) is 7.26. The quantitative estimate of drug-likeness (QED) is 0.552. The summed E-state index contributed by atoms with van der Waals surface area (Å²) in [6, 6.07) is 7.73. The number of benzene rings is 2. The molecule has 5 nitrogen and oxygen atoms in total. The maximum atomic E-state index is 12.6. The van der Waals surface area contributed by atoms with Crippen molar-refractivity contribution < 1.29 is 14.1 Å². The van der Waals surface area contributed by atoms with Crippen LogP contribution in [0.25, 0.3) is 10.8 Å². The van der Waals surface area contributed by atoms with Gasteiger partial charge in [0.2, 0.25) is 0 Å². The maximum absolute atomic E-state index is 12.6. The summed E-state index contributed by atoms with van der Waals surface area (Å²) in [6.07, 6.45) is 0. The topological polar surface area (TPSA) is 40.6 Å². The Bertz CT molecular complexity index is 885. The van der Waals surface area contributed by atoms with Gasteiger partial charge in [-0.15, -0.1) is 0 Å². The summed E-state index contributed by atoms with van der Waals surface area (Å²) in [7, 11) is 8.00. The Morgan fingerprint density at radius 1 is 1.04 bits per heavy atom. The lowest BCUT2D eigenvalue weighted by atomic mass is 9.89. The highest BCUT2D eigenvalue weighted by molar-refractivity contribution is 6.27. The number of carbonyl (C=O) groups excluding carboxylic acids is 2. The second-order valence-electron chi connectivity index (χ2n) is 7.26. The standard InChI is InChI=1S/C18H20N3O2/c1-19-10-21(3,4)9-11-8-14-15-12(16(11)19)6-5-7-13(15)17(22)20(2)18(14)23/h5-8H,9-10H2,1-4H3/q+1. The molecule has 0 bridgehead atoms.